The van der Waals surface area contributed by atoms with Crippen LogP contribution in [0.5, 0.6) is 0 Å². The van der Waals surface area contributed by atoms with E-state index in [-0.39, 0.29) is 24.3 Å². The first-order valence-electron chi connectivity index (χ1n) is 8.94. The molecule has 0 aliphatic carbocycles. The zero-order valence-electron chi connectivity index (χ0n) is 14.9. The fourth-order valence-electron chi connectivity index (χ4n) is 3.20. The van der Waals surface area contributed by atoms with E-state index in [0.717, 1.165) is 24.8 Å². The van der Waals surface area contributed by atoms with Gasteiger partial charge in [0.05, 0.1) is 11.3 Å². The van der Waals surface area contributed by atoms with Crippen LogP contribution in [0.1, 0.15) is 48.5 Å². The number of nitrogens with zero attached hydrogens (tertiary/aromatic N) is 2. The summed E-state index contributed by atoms with van der Waals surface area (Å²) in [6.45, 7) is 2.32. The minimum Gasteiger partial charge on any atom is -0.452 e. The Kier molecular flexibility index (Phi) is 5.65. The minimum atomic E-state index is -0.502. The average molecular weight is 357 g/mol. The van der Waals surface area contributed by atoms with Crippen molar-refractivity contribution in [2.75, 3.05) is 13.1 Å². The van der Waals surface area contributed by atoms with Crippen LogP contribution in [0, 0.1) is 0 Å². The third kappa shape index (κ3) is 4.28. The SMILES string of the molecule is C/C(=N\NC(=O)CN1CCCCCC1=O)C1Cc2ccccc2C(=O)O1. The van der Waals surface area contributed by atoms with Crippen molar-refractivity contribution in [2.24, 2.45) is 5.10 Å². The Hall–Kier alpha value is -2.70. The molecule has 7 heteroatoms. The van der Waals surface area contributed by atoms with E-state index in [1.165, 1.54) is 0 Å². The van der Waals surface area contributed by atoms with E-state index in [4.69, 9.17) is 4.74 Å². The second-order valence-corrected chi connectivity index (χ2v) is 6.67. The Morgan fingerprint density at radius 2 is 2.08 bits per heavy atom. The van der Waals surface area contributed by atoms with Gasteiger partial charge in [0, 0.05) is 19.4 Å². The molecule has 7 nitrogen and oxygen atoms in total. The van der Waals surface area contributed by atoms with Crippen molar-refractivity contribution in [3.05, 3.63) is 35.4 Å². The number of fused-ring (bicyclic) bond motifs is 1. The van der Waals surface area contributed by atoms with E-state index >= 15 is 0 Å². The van der Waals surface area contributed by atoms with Gasteiger partial charge in [-0.2, -0.15) is 5.10 Å². The zero-order valence-corrected chi connectivity index (χ0v) is 14.9. The summed E-state index contributed by atoms with van der Waals surface area (Å²) in [7, 11) is 0. The van der Waals surface area contributed by atoms with Crippen LogP contribution < -0.4 is 5.43 Å². The molecule has 1 aromatic rings. The van der Waals surface area contributed by atoms with Crippen LogP contribution in [0.15, 0.2) is 29.4 Å². The first-order valence-corrected chi connectivity index (χ1v) is 8.94. The van der Waals surface area contributed by atoms with Gasteiger partial charge in [-0.3, -0.25) is 9.59 Å². The number of cyclic esters (lactones) is 1. The Morgan fingerprint density at radius 1 is 1.27 bits per heavy atom. The van der Waals surface area contributed by atoms with Crippen molar-refractivity contribution in [3.63, 3.8) is 0 Å². The number of hydrazone groups is 1. The molecule has 2 heterocycles. The van der Waals surface area contributed by atoms with Crippen LogP contribution in [0.25, 0.3) is 0 Å². The maximum absolute atomic E-state index is 12.1. The van der Waals surface area contributed by atoms with Crippen molar-refractivity contribution < 1.29 is 19.1 Å². The number of amides is 2. The lowest BCUT2D eigenvalue weighted by atomic mass is 9.97. The van der Waals surface area contributed by atoms with Gasteiger partial charge >= 0.3 is 5.97 Å². The summed E-state index contributed by atoms with van der Waals surface area (Å²) in [5.41, 5.74) is 4.46. The van der Waals surface area contributed by atoms with Gasteiger partial charge in [0.15, 0.2) is 0 Å². The summed E-state index contributed by atoms with van der Waals surface area (Å²) in [6.07, 6.45) is 3.32. The summed E-state index contributed by atoms with van der Waals surface area (Å²) in [6, 6.07) is 7.30. The highest BCUT2D eigenvalue weighted by atomic mass is 16.5. The molecule has 3 rings (SSSR count). The fraction of sp³-hybridized carbons (Fsp3) is 0.474. The van der Waals surface area contributed by atoms with Crippen molar-refractivity contribution in [1.82, 2.24) is 10.3 Å². The maximum Gasteiger partial charge on any atom is 0.339 e. The summed E-state index contributed by atoms with van der Waals surface area (Å²) >= 11 is 0. The molecule has 1 saturated heterocycles. The third-order valence-electron chi connectivity index (χ3n) is 4.72. The molecule has 0 saturated carbocycles. The van der Waals surface area contributed by atoms with Gasteiger partial charge < -0.3 is 9.64 Å². The van der Waals surface area contributed by atoms with Crippen LogP contribution in [-0.2, 0) is 20.7 Å². The summed E-state index contributed by atoms with van der Waals surface area (Å²) in [5.74, 6) is -0.716. The van der Waals surface area contributed by atoms with Gasteiger partial charge in [0.2, 0.25) is 5.91 Å². The average Bonchev–Trinajstić information content (AvgIpc) is 2.84. The number of rotatable bonds is 4. The lowest BCUT2D eigenvalue weighted by Crippen LogP contribution is -2.40. The molecule has 138 valence electrons. The molecule has 0 aromatic heterocycles. The molecule has 1 atom stereocenters. The summed E-state index contributed by atoms with van der Waals surface area (Å²) in [4.78, 5) is 37.7. The molecule has 2 aliphatic rings. The summed E-state index contributed by atoms with van der Waals surface area (Å²) < 4.78 is 5.40. The number of esters is 1. The van der Waals surface area contributed by atoms with E-state index in [0.29, 0.717) is 30.7 Å². The smallest absolute Gasteiger partial charge is 0.339 e. The fourth-order valence-corrected chi connectivity index (χ4v) is 3.20. The van der Waals surface area contributed by atoms with Gasteiger partial charge in [-0.25, -0.2) is 10.2 Å². The second kappa shape index (κ2) is 8.12. The number of carbonyl (C=O) groups is 3. The first-order chi connectivity index (χ1) is 12.5. The number of ether oxygens (including phenoxy) is 1. The molecule has 0 radical (unpaired) electrons. The molecule has 0 spiro atoms. The van der Waals surface area contributed by atoms with Gasteiger partial charge in [0.25, 0.3) is 5.91 Å². The van der Waals surface area contributed by atoms with E-state index in [1.54, 1.807) is 24.0 Å². The van der Waals surface area contributed by atoms with Crippen molar-refractivity contribution >= 4 is 23.5 Å². The number of hydrogen-bond acceptors (Lipinski definition) is 5. The van der Waals surface area contributed by atoms with Crippen LogP contribution in [0.4, 0.5) is 0 Å². The van der Waals surface area contributed by atoms with Crippen LogP contribution in [-0.4, -0.2) is 47.6 Å². The van der Waals surface area contributed by atoms with Crippen molar-refractivity contribution in [2.45, 2.75) is 45.1 Å². The number of carbonyl (C=O) groups excluding carboxylic acids is 3. The van der Waals surface area contributed by atoms with Gasteiger partial charge in [-0.1, -0.05) is 24.6 Å². The van der Waals surface area contributed by atoms with E-state index < -0.39 is 6.10 Å². The lowest BCUT2D eigenvalue weighted by Gasteiger charge is -2.24. The molecule has 2 aliphatic heterocycles. The number of benzene rings is 1. The van der Waals surface area contributed by atoms with E-state index in [9.17, 15) is 14.4 Å². The maximum atomic E-state index is 12.1. The topological polar surface area (TPSA) is 88.1 Å². The Morgan fingerprint density at radius 3 is 2.92 bits per heavy atom. The van der Waals surface area contributed by atoms with Gasteiger partial charge in [0.1, 0.15) is 12.6 Å². The Labute approximate surface area is 152 Å². The van der Waals surface area contributed by atoms with E-state index in [2.05, 4.69) is 10.5 Å². The number of nitrogens with one attached hydrogen (secondary N) is 1. The highest BCUT2D eigenvalue weighted by Crippen LogP contribution is 2.21. The molecular formula is C19H23N3O4. The largest absolute Gasteiger partial charge is 0.452 e. The Balaban J connectivity index is 1.57. The molecule has 1 unspecified atom stereocenters. The van der Waals surface area contributed by atoms with Crippen molar-refractivity contribution in [1.29, 1.82) is 0 Å². The van der Waals surface area contributed by atoms with E-state index in [1.807, 2.05) is 12.1 Å². The minimum absolute atomic E-state index is 0.00288. The van der Waals surface area contributed by atoms with Gasteiger partial charge in [-0.05, 0) is 31.4 Å². The number of hydrogen-bond donors (Lipinski definition) is 1. The molecular weight excluding hydrogens is 334 g/mol. The predicted octanol–water partition coefficient (Wildman–Crippen LogP) is 1.66. The molecule has 1 N–H and O–H groups in total. The van der Waals surface area contributed by atoms with Crippen LogP contribution in [0.3, 0.4) is 0 Å². The molecule has 0 bridgehead atoms. The van der Waals surface area contributed by atoms with Gasteiger partial charge in [-0.15, -0.1) is 0 Å². The Bertz CT molecular complexity index is 744. The molecule has 2 amide bonds. The number of likely N-dealkylation sites (tertiary alicyclic amines) is 1. The molecule has 1 fully saturated rings. The molecule has 26 heavy (non-hydrogen) atoms. The highest BCUT2D eigenvalue weighted by Gasteiger charge is 2.28. The summed E-state index contributed by atoms with van der Waals surface area (Å²) in [5, 5.41) is 4.07. The monoisotopic (exact) mass is 357 g/mol. The van der Waals surface area contributed by atoms with Crippen LogP contribution in [0.2, 0.25) is 0 Å². The predicted molar refractivity (Wildman–Crippen MR) is 95.6 cm³/mol. The second-order valence-electron chi connectivity index (χ2n) is 6.67. The normalized spacial score (nSPS) is 20.9. The van der Waals surface area contributed by atoms with Crippen LogP contribution >= 0.6 is 0 Å². The first kappa shape index (κ1) is 18.1. The molecule has 1 aromatic carbocycles. The standard InChI is InChI=1S/C19H23N3O4/c1-13(16-11-14-7-4-5-8-15(14)19(25)26-16)20-21-17(23)12-22-10-6-2-3-9-18(22)24/h4-5,7-8,16H,2-3,6,9-12H2,1H3,(H,21,23)/b20-13+. The highest BCUT2D eigenvalue weighted by molar-refractivity contribution is 5.97. The zero-order chi connectivity index (χ0) is 18.5. The lowest BCUT2D eigenvalue weighted by molar-refractivity contribution is -0.135. The quantitative estimate of drug-likeness (QED) is 0.504. The third-order valence-corrected chi connectivity index (χ3v) is 4.72. The van der Waals surface area contributed by atoms with Crippen molar-refractivity contribution in [3.8, 4) is 0 Å².